The molecular formula is C13H18BrN3O2. The predicted octanol–water partition coefficient (Wildman–Crippen LogP) is 1.73. The van der Waals surface area contributed by atoms with Gasteiger partial charge in [0.05, 0.1) is 5.56 Å². The van der Waals surface area contributed by atoms with E-state index < -0.39 is 6.04 Å². The number of hydrogen-bond donors (Lipinski definition) is 2. The minimum absolute atomic E-state index is 0.188. The van der Waals surface area contributed by atoms with Crippen molar-refractivity contribution in [3.8, 4) is 0 Å². The maximum absolute atomic E-state index is 11.9. The molecule has 5 nitrogen and oxygen atoms in total. The second-order valence-corrected chi connectivity index (χ2v) is 5.52. The molecule has 0 aromatic carbocycles. The highest BCUT2D eigenvalue weighted by Crippen LogP contribution is 2.06. The molecule has 1 heterocycles. The standard InChI is InChI=1S/C13H18BrN3O2/c1-8(2)6-16-12(18)9(3)17-13(19)10-4-5-11(14)15-7-10/h4-5,7-9H,6H2,1-3H3,(H,16,18)(H,17,19). The van der Waals surface area contributed by atoms with Gasteiger partial charge in [0, 0.05) is 12.7 Å². The molecule has 0 radical (unpaired) electrons. The summed E-state index contributed by atoms with van der Waals surface area (Å²) in [6, 6.07) is 2.75. The highest BCUT2D eigenvalue weighted by Gasteiger charge is 2.16. The van der Waals surface area contributed by atoms with Crippen molar-refractivity contribution in [3.63, 3.8) is 0 Å². The molecule has 2 N–H and O–H groups in total. The van der Waals surface area contributed by atoms with Crippen molar-refractivity contribution in [1.82, 2.24) is 15.6 Å². The number of halogens is 1. The first-order chi connectivity index (χ1) is 8.90. The van der Waals surface area contributed by atoms with Crippen LogP contribution in [0.2, 0.25) is 0 Å². The van der Waals surface area contributed by atoms with E-state index in [2.05, 4.69) is 31.5 Å². The van der Waals surface area contributed by atoms with Crippen LogP contribution in [0.5, 0.6) is 0 Å². The van der Waals surface area contributed by atoms with E-state index in [0.717, 1.165) is 0 Å². The SMILES string of the molecule is CC(C)CNC(=O)C(C)NC(=O)c1ccc(Br)nc1. The first-order valence-corrected chi connectivity index (χ1v) is 6.89. The fraction of sp³-hybridized carbons (Fsp3) is 0.462. The van der Waals surface area contributed by atoms with E-state index in [9.17, 15) is 9.59 Å². The number of amides is 2. The Kier molecular flexibility index (Phi) is 5.95. The van der Waals surface area contributed by atoms with Crippen LogP contribution in [-0.4, -0.2) is 29.4 Å². The van der Waals surface area contributed by atoms with Gasteiger partial charge in [0.1, 0.15) is 10.6 Å². The summed E-state index contributed by atoms with van der Waals surface area (Å²) in [4.78, 5) is 27.5. The lowest BCUT2D eigenvalue weighted by Crippen LogP contribution is -2.45. The number of nitrogens with zero attached hydrogens (tertiary/aromatic N) is 1. The molecule has 6 heteroatoms. The minimum atomic E-state index is -0.574. The maximum Gasteiger partial charge on any atom is 0.253 e. The summed E-state index contributed by atoms with van der Waals surface area (Å²) < 4.78 is 0.659. The van der Waals surface area contributed by atoms with Crippen LogP contribution in [0.15, 0.2) is 22.9 Å². The molecule has 0 saturated heterocycles. The molecule has 1 unspecified atom stereocenters. The summed E-state index contributed by atoms with van der Waals surface area (Å²) in [5, 5.41) is 5.40. The zero-order valence-electron chi connectivity index (χ0n) is 11.2. The van der Waals surface area contributed by atoms with Gasteiger partial charge in [-0.15, -0.1) is 0 Å². The normalized spacial score (nSPS) is 12.1. The van der Waals surface area contributed by atoms with Crippen molar-refractivity contribution < 1.29 is 9.59 Å². The lowest BCUT2D eigenvalue weighted by atomic mass is 10.2. The fourth-order valence-corrected chi connectivity index (χ4v) is 1.55. The average Bonchev–Trinajstić information content (AvgIpc) is 2.36. The Hall–Kier alpha value is -1.43. The lowest BCUT2D eigenvalue weighted by molar-refractivity contribution is -0.122. The first kappa shape index (κ1) is 15.6. The van der Waals surface area contributed by atoms with E-state index in [4.69, 9.17) is 0 Å². The molecule has 1 atom stereocenters. The van der Waals surface area contributed by atoms with Crippen molar-refractivity contribution in [3.05, 3.63) is 28.5 Å². The van der Waals surface area contributed by atoms with Crippen LogP contribution in [0.3, 0.4) is 0 Å². The van der Waals surface area contributed by atoms with E-state index >= 15 is 0 Å². The molecule has 0 spiro atoms. The van der Waals surface area contributed by atoms with E-state index in [1.165, 1.54) is 6.20 Å². The zero-order chi connectivity index (χ0) is 14.4. The van der Waals surface area contributed by atoms with Gasteiger partial charge in [-0.1, -0.05) is 13.8 Å². The Labute approximate surface area is 121 Å². The molecule has 104 valence electrons. The van der Waals surface area contributed by atoms with E-state index in [1.54, 1.807) is 19.1 Å². The largest absolute Gasteiger partial charge is 0.354 e. The van der Waals surface area contributed by atoms with Crippen LogP contribution in [-0.2, 0) is 4.79 Å². The summed E-state index contributed by atoms with van der Waals surface area (Å²) in [5.41, 5.74) is 0.423. The van der Waals surface area contributed by atoms with Gasteiger partial charge in [-0.05, 0) is 40.9 Å². The maximum atomic E-state index is 11.9. The number of pyridine rings is 1. The summed E-state index contributed by atoms with van der Waals surface area (Å²) in [7, 11) is 0. The highest BCUT2D eigenvalue weighted by atomic mass is 79.9. The molecular weight excluding hydrogens is 310 g/mol. The molecule has 1 aromatic heterocycles. The second-order valence-electron chi connectivity index (χ2n) is 4.70. The van der Waals surface area contributed by atoms with Crippen LogP contribution in [0.25, 0.3) is 0 Å². The number of rotatable bonds is 5. The Morgan fingerprint density at radius 2 is 2.00 bits per heavy atom. The van der Waals surface area contributed by atoms with Gasteiger partial charge in [0.25, 0.3) is 5.91 Å². The topological polar surface area (TPSA) is 71.1 Å². The number of carbonyl (C=O) groups excluding carboxylic acids is 2. The molecule has 0 aliphatic carbocycles. The Bertz CT molecular complexity index is 446. The minimum Gasteiger partial charge on any atom is -0.354 e. The number of hydrogen-bond acceptors (Lipinski definition) is 3. The third-order valence-corrected chi connectivity index (χ3v) is 2.88. The smallest absolute Gasteiger partial charge is 0.253 e. The van der Waals surface area contributed by atoms with Gasteiger partial charge < -0.3 is 10.6 Å². The van der Waals surface area contributed by atoms with Crippen molar-refractivity contribution in [2.45, 2.75) is 26.8 Å². The van der Waals surface area contributed by atoms with Crippen molar-refractivity contribution in [2.24, 2.45) is 5.92 Å². The van der Waals surface area contributed by atoms with E-state index in [1.807, 2.05) is 13.8 Å². The summed E-state index contributed by atoms with van der Waals surface area (Å²) in [6.45, 7) is 6.27. The molecule has 2 amide bonds. The van der Waals surface area contributed by atoms with E-state index in [0.29, 0.717) is 22.6 Å². The Morgan fingerprint density at radius 3 is 2.53 bits per heavy atom. The summed E-state index contributed by atoms with van der Waals surface area (Å²) in [5.74, 6) is -0.123. The Morgan fingerprint density at radius 1 is 1.32 bits per heavy atom. The van der Waals surface area contributed by atoms with Crippen LogP contribution in [0.1, 0.15) is 31.1 Å². The second kappa shape index (κ2) is 7.23. The van der Waals surface area contributed by atoms with Gasteiger partial charge in [-0.3, -0.25) is 9.59 Å². The third kappa shape index (κ3) is 5.38. The summed E-state index contributed by atoms with van der Waals surface area (Å²) in [6.07, 6.45) is 1.46. The van der Waals surface area contributed by atoms with Gasteiger partial charge in [0.15, 0.2) is 0 Å². The average molecular weight is 328 g/mol. The van der Waals surface area contributed by atoms with Crippen LogP contribution in [0.4, 0.5) is 0 Å². The van der Waals surface area contributed by atoms with Crippen LogP contribution >= 0.6 is 15.9 Å². The molecule has 0 saturated carbocycles. The van der Waals surface area contributed by atoms with Crippen LogP contribution in [0, 0.1) is 5.92 Å². The molecule has 19 heavy (non-hydrogen) atoms. The quantitative estimate of drug-likeness (QED) is 0.809. The highest BCUT2D eigenvalue weighted by molar-refractivity contribution is 9.10. The van der Waals surface area contributed by atoms with Gasteiger partial charge in [0.2, 0.25) is 5.91 Å². The Balaban J connectivity index is 2.51. The number of nitrogens with one attached hydrogen (secondary N) is 2. The molecule has 1 rings (SSSR count). The molecule has 0 bridgehead atoms. The number of carbonyl (C=O) groups is 2. The van der Waals surface area contributed by atoms with Gasteiger partial charge >= 0.3 is 0 Å². The fourth-order valence-electron chi connectivity index (χ4n) is 1.31. The van der Waals surface area contributed by atoms with Crippen molar-refractivity contribution >= 4 is 27.7 Å². The van der Waals surface area contributed by atoms with Crippen molar-refractivity contribution in [1.29, 1.82) is 0 Å². The zero-order valence-corrected chi connectivity index (χ0v) is 12.8. The predicted molar refractivity (Wildman–Crippen MR) is 76.7 cm³/mol. The third-order valence-electron chi connectivity index (χ3n) is 2.42. The van der Waals surface area contributed by atoms with Gasteiger partial charge in [-0.25, -0.2) is 4.98 Å². The first-order valence-electron chi connectivity index (χ1n) is 6.10. The van der Waals surface area contributed by atoms with E-state index in [-0.39, 0.29) is 11.8 Å². The summed E-state index contributed by atoms with van der Waals surface area (Å²) >= 11 is 3.20. The van der Waals surface area contributed by atoms with Gasteiger partial charge in [-0.2, -0.15) is 0 Å². The van der Waals surface area contributed by atoms with Crippen molar-refractivity contribution in [2.75, 3.05) is 6.54 Å². The molecule has 0 fully saturated rings. The molecule has 1 aromatic rings. The van der Waals surface area contributed by atoms with Crippen LogP contribution < -0.4 is 10.6 Å². The molecule has 0 aliphatic heterocycles. The monoisotopic (exact) mass is 327 g/mol. The lowest BCUT2D eigenvalue weighted by Gasteiger charge is -2.15. The number of aromatic nitrogens is 1. The molecule has 0 aliphatic rings.